The molecular formula is C23H30N6O3. The Hall–Kier alpha value is -3.10. The summed E-state index contributed by atoms with van der Waals surface area (Å²) in [6.45, 7) is 6.94. The highest BCUT2D eigenvalue weighted by atomic mass is 16.6. The van der Waals surface area contributed by atoms with Crippen LogP contribution < -0.4 is 0 Å². The van der Waals surface area contributed by atoms with Crippen molar-refractivity contribution >= 4 is 11.6 Å². The number of piperidine rings is 1. The summed E-state index contributed by atoms with van der Waals surface area (Å²) < 4.78 is 9.28. The highest BCUT2D eigenvalue weighted by Gasteiger charge is 2.34. The second-order valence-corrected chi connectivity index (χ2v) is 9.87. The number of ether oxygens (including phenoxy) is 1. The smallest absolute Gasteiger partial charge is 0.410 e. The van der Waals surface area contributed by atoms with E-state index in [1.54, 1.807) is 27.7 Å². The van der Waals surface area contributed by atoms with E-state index in [2.05, 4.69) is 20.1 Å². The molecule has 0 spiro atoms. The van der Waals surface area contributed by atoms with E-state index >= 15 is 0 Å². The molecule has 2 fully saturated rings. The van der Waals surface area contributed by atoms with E-state index in [-0.39, 0.29) is 17.9 Å². The van der Waals surface area contributed by atoms with Crippen LogP contribution in [-0.4, -0.2) is 59.4 Å². The Morgan fingerprint density at radius 1 is 1.19 bits per heavy atom. The zero-order valence-corrected chi connectivity index (χ0v) is 18.9. The lowest BCUT2D eigenvalue weighted by molar-refractivity contribution is 0.0182. The number of rotatable bonds is 3. The van der Waals surface area contributed by atoms with Gasteiger partial charge in [0.25, 0.3) is 0 Å². The number of hydrogen-bond donors (Lipinski definition) is 1. The van der Waals surface area contributed by atoms with Gasteiger partial charge in [-0.2, -0.15) is 5.10 Å². The van der Waals surface area contributed by atoms with Gasteiger partial charge in [-0.15, -0.1) is 5.10 Å². The zero-order valence-electron chi connectivity index (χ0n) is 18.9. The number of carbonyl (C=O) groups excluding carboxylic acids is 1. The Labute approximate surface area is 187 Å². The summed E-state index contributed by atoms with van der Waals surface area (Å²) in [6.07, 6.45) is 8.38. The lowest BCUT2D eigenvalue weighted by atomic mass is 9.81. The second kappa shape index (κ2) is 7.79. The van der Waals surface area contributed by atoms with Crippen LogP contribution in [0.4, 0.5) is 4.79 Å². The first kappa shape index (κ1) is 20.8. The van der Waals surface area contributed by atoms with Gasteiger partial charge >= 0.3 is 6.09 Å². The maximum absolute atomic E-state index is 12.4. The minimum atomic E-state index is -0.493. The third-order valence-electron chi connectivity index (χ3n) is 6.44. The van der Waals surface area contributed by atoms with Crippen LogP contribution >= 0.6 is 0 Å². The molecule has 3 aromatic rings. The number of hydrogen-bond acceptors (Lipinski definition) is 6. The molecule has 1 saturated heterocycles. The van der Waals surface area contributed by atoms with Gasteiger partial charge in [0.15, 0.2) is 0 Å². The summed E-state index contributed by atoms with van der Waals surface area (Å²) in [5, 5.41) is 23.8. The predicted molar refractivity (Wildman–Crippen MR) is 119 cm³/mol. The first-order chi connectivity index (χ1) is 15.3. The van der Waals surface area contributed by atoms with Gasteiger partial charge in [0.05, 0.1) is 17.9 Å². The summed E-state index contributed by atoms with van der Waals surface area (Å²) >= 11 is 0. The molecule has 170 valence electrons. The number of carbonyl (C=O) groups is 1. The highest BCUT2D eigenvalue weighted by molar-refractivity contribution is 5.70. The summed E-state index contributed by atoms with van der Waals surface area (Å²) in [4.78, 5) is 14.2. The van der Waals surface area contributed by atoms with Gasteiger partial charge in [-0.05, 0) is 58.6 Å². The first-order valence-electron chi connectivity index (χ1n) is 11.4. The van der Waals surface area contributed by atoms with E-state index in [4.69, 9.17) is 4.74 Å². The van der Waals surface area contributed by atoms with Crippen molar-refractivity contribution in [1.29, 1.82) is 0 Å². The largest absolute Gasteiger partial charge is 0.506 e. The molecule has 9 heteroatoms. The maximum Gasteiger partial charge on any atom is 0.410 e. The molecule has 1 aliphatic carbocycles. The van der Waals surface area contributed by atoms with Crippen molar-refractivity contribution in [2.75, 3.05) is 13.1 Å². The molecule has 0 unspecified atom stereocenters. The minimum Gasteiger partial charge on any atom is -0.506 e. The molecule has 0 atom stereocenters. The fourth-order valence-corrected chi connectivity index (χ4v) is 4.60. The molecule has 1 N–H and O–H groups in total. The van der Waals surface area contributed by atoms with Crippen molar-refractivity contribution < 1.29 is 14.6 Å². The molecule has 0 bridgehead atoms. The number of fused-ring (bicyclic) bond motifs is 1. The average Bonchev–Trinajstić information content (AvgIpc) is 3.33. The predicted octanol–water partition coefficient (Wildman–Crippen LogP) is 4.14. The lowest BCUT2D eigenvalue weighted by Crippen LogP contribution is -2.42. The fourth-order valence-electron chi connectivity index (χ4n) is 4.60. The third-order valence-corrected chi connectivity index (χ3v) is 6.44. The normalized spacial score (nSPS) is 18.2. The van der Waals surface area contributed by atoms with Crippen LogP contribution in [0.25, 0.3) is 16.8 Å². The average molecular weight is 439 g/mol. The molecular weight excluding hydrogens is 408 g/mol. The number of aromatic nitrogens is 5. The molecule has 1 amide bonds. The van der Waals surface area contributed by atoms with E-state index in [9.17, 15) is 9.90 Å². The van der Waals surface area contributed by atoms with Gasteiger partial charge in [0, 0.05) is 30.8 Å². The van der Waals surface area contributed by atoms with Crippen molar-refractivity contribution in [3.63, 3.8) is 0 Å². The molecule has 4 heterocycles. The van der Waals surface area contributed by atoms with Gasteiger partial charge in [0.2, 0.25) is 0 Å². The Morgan fingerprint density at radius 2 is 1.94 bits per heavy atom. The molecule has 32 heavy (non-hydrogen) atoms. The Morgan fingerprint density at radius 3 is 2.59 bits per heavy atom. The maximum atomic E-state index is 12.4. The van der Waals surface area contributed by atoms with Crippen molar-refractivity contribution in [2.45, 2.75) is 70.4 Å². The van der Waals surface area contributed by atoms with E-state index in [0.717, 1.165) is 42.6 Å². The van der Waals surface area contributed by atoms with Crippen molar-refractivity contribution in [3.05, 3.63) is 30.2 Å². The van der Waals surface area contributed by atoms with Crippen LogP contribution in [0.5, 0.6) is 5.75 Å². The third kappa shape index (κ3) is 3.80. The zero-order chi connectivity index (χ0) is 22.5. The Balaban J connectivity index is 1.41. The number of amides is 1. The van der Waals surface area contributed by atoms with Gasteiger partial charge in [-0.25, -0.2) is 14.0 Å². The van der Waals surface area contributed by atoms with Crippen LogP contribution in [0.3, 0.4) is 0 Å². The van der Waals surface area contributed by atoms with Crippen molar-refractivity contribution in [1.82, 2.24) is 29.5 Å². The van der Waals surface area contributed by atoms with Gasteiger partial charge < -0.3 is 14.7 Å². The van der Waals surface area contributed by atoms with E-state index < -0.39 is 5.60 Å². The summed E-state index contributed by atoms with van der Waals surface area (Å²) in [7, 11) is 0. The van der Waals surface area contributed by atoms with Crippen molar-refractivity contribution in [3.8, 4) is 17.0 Å². The second-order valence-electron chi connectivity index (χ2n) is 9.87. The minimum absolute atomic E-state index is 0.180. The van der Waals surface area contributed by atoms with E-state index in [0.29, 0.717) is 24.5 Å². The van der Waals surface area contributed by atoms with Gasteiger partial charge in [-0.3, -0.25) is 0 Å². The molecule has 9 nitrogen and oxygen atoms in total. The number of aromatic hydroxyl groups is 1. The highest BCUT2D eigenvalue weighted by Crippen LogP contribution is 2.42. The quantitative estimate of drug-likeness (QED) is 0.660. The molecule has 0 radical (unpaired) electrons. The van der Waals surface area contributed by atoms with Crippen LogP contribution in [0.15, 0.2) is 24.5 Å². The molecule has 1 aliphatic heterocycles. The first-order valence-corrected chi connectivity index (χ1v) is 11.4. The summed E-state index contributed by atoms with van der Waals surface area (Å²) in [6, 6.07) is 3.72. The van der Waals surface area contributed by atoms with E-state index in [1.165, 1.54) is 6.42 Å². The molecule has 3 aromatic heterocycles. The lowest BCUT2D eigenvalue weighted by Gasteiger charge is -2.35. The molecule has 5 rings (SSSR count). The number of pyridine rings is 1. The molecule has 1 saturated carbocycles. The Kier molecular flexibility index (Phi) is 5.06. The van der Waals surface area contributed by atoms with Crippen LogP contribution in [-0.2, 0) is 4.74 Å². The van der Waals surface area contributed by atoms with Crippen molar-refractivity contribution in [2.24, 2.45) is 0 Å². The summed E-state index contributed by atoms with van der Waals surface area (Å²) in [5.41, 5.74) is 2.95. The summed E-state index contributed by atoms with van der Waals surface area (Å²) in [5.74, 6) is 0.596. The van der Waals surface area contributed by atoms with Crippen LogP contribution in [0.2, 0.25) is 0 Å². The van der Waals surface area contributed by atoms with Gasteiger partial charge in [-0.1, -0.05) is 11.6 Å². The fraction of sp³-hybridized carbons (Fsp3) is 0.565. The monoisotopic (exact) mass is 438 g/mol. The SMILES string of the molecule is CC(C)(C)OC(=O)N1CCC(n2nnc(-c3cc(O)c4ccnn4c3)c2C2CCC2)CC1. The van der Waals surface area contributed by atoms with Crippen LogP contribution in [0.1, 0.15) is 70.5 Å². The number of nitrogens with zero attached hydrogens (tertiary/aromatic N) is 6. The molecule has 2 aliphatic rings. The standard InChI is InChI=1S/C23H30N6O3/c1-23(2,3)32-22(31)27-11-8-17(9-12-27)29-21(15-5-4-6-15)20(25-26-29)16-13-19(30)18-7-10-24-28(18)14-16/h7,10,13-15,17,30H,4-6,8-9,11-12H2,1-3H3. The molecule has 0 aromatic carbocycles. The van der Waals surface area contributed by atoms with Crippen LogP contribution in [0, 0.1) is 0 Å². The topological polar surface area (TPSA) is 97.8 Å². The van der Waals surface area contributed by atoms with E-state index in [1.807, 2.05) is 27.0 Å². The number of likely N-dealkylation sites (tertiary alicyclic amines) is 1. The van der Waals surface area contributed by atoms with Gasteiger partial charge in [0.1, 0.15) is 22.6 Å². The Bertz CT molecular complexity index is 1130.